The van der Waals surface area contributed by atoms with E-state index < -0.39 is 0 Å². The lowest BCUT2D eigenvalue weighted by molar-refractivity contribution is 0.238. The van der Waals surface area contributed by atoms with E-state index in [0.717, 1.165) is 13.1 Å². The Balaban J connectivity index is 2.13. The van der Waals surface area contributed by atoms with E-state index in [1.54, 1.807) is 0 Å². The molecule has 0 radical (unpaired) electrons. The zero-order chi connectivity index (χ0) is 13.8. The molecule has 1 aromatic carbocycles. The standard InChI is InChI=1S/C16H23N3/c1-13-6-7-14(2)16(11-13)19-9-4-5-15(12-19)18(3)10-8-17/h6-7,11,15H,4-5,9-10,12H2,1-3H3. The third-order valence-electron chi connectivity index (χ3n) is 4.05. The Morgan fingerprint density at radius 1 is 1.42 bits per heavy atom. The SMILES string of the molecule is Cc1ccc(C)c(N2CCCC(N(C)CC#N)C2)c1. The molecule has 2 rings (SSSR count). The lowest BCUT2D eigenvalue weighted by Crippen LogP contribution is -2.46. The van der Waals surface area contributed by atoms with Crippen molar-refractivity contribution in [3.05, 3.63) is 29.3 Å². The molecule has 0 aromatic heterocycles. The van der Waals surface area contributed by atoms with E-state index in [0.29, 0.717) is 12.6 Å². The fourth-order valence-corrected chi connectivity index (χ4v) is 2.83. The Morgan fingerprint density at radius 2 is 2.21 bits per heavy atom. The second kappa shape index (κ2) is 6.08. The van der Waals surface area contributed by atoms with E-state index in [-0.39, 0.29) is 0 Å². The normalized spacial score (nSPS) is 19.5. The molecule has 1 aromatic rings. The van der Waals surface area contributed by atoms with E-state index in [1.807, 2.05) is 0 Å². The molecule has 1 heterocycles. The number of hydrogen-bond acceptors (Lipinski definition) is 3. The van der Waals surface area contributed by atoms with Crippen LogP contribution < -0.4 is 4.90 Å². The average molecular weight is 257 g/mol. The molecule has 19 heavy (non-hydrogen) atoms. The minimum Gasteiger partial charge on any atom is -0.370 e. The Morgan fingerprint density at radius 3 is 2.95 bits per heavy atom. The van der Waals surface area contributed by atoms with Gasteiger partial charge < -0.3 is 4.90 Å². The highest BCUT2D eigenvalue weighted by atomic mass is 15.2. The summed E-state index contributed by atoms with van der Waals surface area (Å²) >= 11 is 0. The Kier molecular flexibility index (Phi) is 4.44. The van der Waals surface area contributed by atoms with Crippen LogP contribution in [0.3, 0.4) is 0 Å². The minimum atomic E-state index is 0.494. The van der Waals surface area contributed by atoms with Crippen LogP contribution in [0.2, 0.25) is 0 Å². The predicted octanol–water partition coefficient (Wildman–Crippen LogP) is 2.73. The van der Waals surface area contributed by atoms with E-state index >= 15 is 0 Å². The van der Waals surface area contributed by atoms with Gasteiger partial charge in [0.15, 0.2) is 0 Å². The summed E-state index contributed by atoms with van der Waals surface area (Å²) < 4.78 is 0. The zero-order valence-electron chi connectivity index (χ0n) is 12.2. The van der Waals surface area contributed by atoms with Gasteiger partial charge in [-0.15, -0.1) is 0 Å². The van der Waals surface area contributed by atoms with Gasteiger partial charge in [0.05, 0.1) is 12.6 Å². The summed E-state index contributed by atoms with van der Waals surface area (Å²) in [6.07, 6.45) is 2.40. The van der Waals surface area contributed by atoms with E-state index in [4.69, 9.17) is 5.26 Å². The Bertz CT molecular complexity index is 475. The Labute approximate surface area is 116 Å². The highest BCUT2D eigenvalue weighted by Crippen LogP contribution is 2.26. The van der Waals surface area contributed by atoms with Crippen molar-refractivity contribution in [3.63, 3.8) is 0 Å². The number of anilines is 1. The molecule has 1 atom stereocenters. The van der Waals surface area contributed by atoms with Gasteiger partial charge in [-0.1, -0.05) is 12.1 Å². The molecule has 0 spiro atoms. The van der Waals surface area contributed by atoms with Crippen LogP contribution in [0.15, 0.2) is 18.2 Å². The first-order chi connectivity index (χ1) is 9.11. The maximum atomic E-state index is 8.83. The van der Waals surface area contributed by atoms with Gasteiger partial charge in [0.1, 0.15) is 0 Å². The molecule has 0 aliphatic carbocycles. The summed E-state index contributed by atoms with van der Waals surface area (Å²) in [5.74, 6) is 0. The van der Waals surface area contributed by atoms with Crippen molar-refractivity contribution < 1.29 is 0 Å². The molecule has 1 aliphatic heterocycles. The Hall–Kier alpha value is -1.53. The summed E-state index contributed by atoms with van der Waals surface area (Å²) in [7, 11) is 2.06. The number of aryl methyl sites for hydroxylation is 2. The van der Waals surface area contributed by atoms with Crippen LogP contribution in [-0.4, -0.2) is 37.6 Å². The molecule has 1 unspecified atom stereocenters. The molecule has 102 valence electrons. The number of piperidine rings is 1. The minimum absolute atomic E-state index is 0.494. The molecule has 1 aliphatic rings. The molecule has 0 amide bonds. The van der Waals surface area contributed by atoms with E-state index in [9.17, 15) is 0 Å². The largest absolute Gasteiger partial charge is 0.370 e. The summed E-state index contributed by atoms with van der Waals surface area (Å²) in [4.78, 5) is 4.65. The number of rotatable bonds is 3. The third-order valence-corrected chi connectivity index (χ3v) is 4.05. The second-order valence-corrected chi connectivity index (χ2v) is 5.61. The van der Waals surface area contributed by atoms with E-state index in [1.165, 1.54) is 29.7 Å². The molecule has 0 saturated carbocycles. The second-order valence-electron chi connectivity index (χ2n) is 5.61. The van der Waals surface area contributed by atoms with E-state index in [2.05, 4.69) is 55.0 Å². The van der Waals surface area contributed by atoms with Crippen LogP contribution in [0.4, 0.5) is 5.69 Å². The summed E-state index contributed by atoms with van der Waals surface area (Å²) in [5.41, 5.74) is 4.01. The van der Waals surface area contributed by atoms with Gasteiger partial charge in [0.2, 0.25) is 0 Å². The van der Waals surface area contributed by atoms with Gasteiger partial charge in [-0.3, -0.25) is 4.90 Å². The van der Waals surface area contributed by atoms with Gasteiger partial charge in [-0.2, -0.15) is 5.26 Å². The van der Waals surface area contributed by atoms with Gasteiger partial charge in [0.25, 0.3) is 0 Å². The van der Waals surface area contributed by atoms with Crippen LogP contribution in [-0.2, 0) is 0 Å². The molecule has 3 nitrogen and oxygen atoms in total. The first kappa shape index (κ1) is 13.9. The average Bonchev–Trinajstić information content (AvgIpc) is 2.42. The van der Waals surface area contributed by atoms with Crippen LogP contribution in [0, 0.1) is 25.2 Å². The number of nitriles is 1. The van der Waals surface area contributed by atoms with Crippen molar-refractivity contribution in [1.82, 2.24) is 4.90 Å². The van der Waals surface area contributed by atoms with Crippen molar-refractivity contribution in [2.75, 3.05) is 31.6 Å². The van der Waals surface area contributed by atoms with Gasteiger partial charge in [0, 0.05) is 24.8 Å². The molecule has 3 heteroatoms. The van der Waals surface area contributed by atoms with Crippen molar-refractivity contribution in [2.45, 2.75) is 32.7 Å². The molecule has 0 N–H and O–H groups in total. The molecule has 1 fully saturated rings. The fourth-order valence-electron chi connectivity index (χ4n) is 2.83. The maximum Gasteiger partial charge on any atom is 0.0866 e. The number of likely N-dealkylation sites (N-methyl/N-ethyl adjacent to an activating group) is 1. The monoisotopic (exact) mass is 257 g/mol. The zero-order valence-corrected chi connectivity index (χ0v) is 12.2. The topological polar surface area (TPSA) is 30.3 Å². The maximum absolute atomic E-state index is 8.83. The van der Waals surface area contributed by atoms with Crippen molar-refractivity contribution in [3.8, 4) is 6.07 Å². The lowest BCUT2D eigenvalue weighted by atomic mass is 10.0. The number of benzene rings is 1. The predicted molar refractivity (Wildman–Crippen MR) is 79.4 cm³/mol. The summed E-state index contributed by atoms with van der Waals surface area (Å²) in [6, 6.07) is 9.39. The van der Waals surface area contributed by atoms with Crippen LogP contribution in [0.1, 0.15) is 24.0 Å². The molecule has 1 saturated heterocycles. The van der Waals surface area contributed by atoms with Gasteiger partial charge >= 0.3 is 0 Å². The molecular formula is C16H23N3. The van der Waals surface area contributed by atoms with Gasteiger partial charge in [-0.25, -0.2) is 0 Å². The smallest absolute Gasteiger partial charge is 0.0866 e. The molecule has 0 bridgehead atoms. The first-order valence-electron chi connectivity index (χ1n) is 7.01. The highest BCUT2D eigenvalue weighted by molar-refractivity contribution is 5.55. The first-order valence-corrected chi connectivity index (χ1v) is 7.01. The van der Waals surface area contributed by atoms with Crippen LogP contribution >= 0.6 is 0 Å². The highest BCUT2D eigenvalue weighted by Gasteiger charge is 2.23. The van der Waals surface area contributed by atoms with Crippen molar-refractivity contribution in [1.29, 1.82) is 5.26 Å². The van der Waals surface area contributed by atoms with Crippen LogP contribution in [0.5, 0.6) is 0 Å². The lowest BCUT2D eigenvalue weighted by Gasteiger charge is -2.38. The number of hydrogen-bond donors (Lipinski definition) is 0. The summed E-state index contributed by atoms with van der Waals surface area (Å²) in [6.45, 7) is 7.00. The fraction of sp³-hybridized carbons (Fsp3) is 0.562. The summed E-state index contributed by atoms with van der Waals surface area (Å²) in [5, 5.41) is 8.83. The quantitative estimate of drug-likeness (QED) is 0.780. The number of nitrogens with zero attached hydrogens (tertiary/aromatic N) is 3. The van der Waals surface area contributed by atoms with Crippen molar-refractivity contribution in [2.24, 2.45) is 0 Å². The van der Waals surface area contributed by atoms with Crippen LogP contribution in [0.25, 0.3) is 0 Å². The third kappa shape index (κ3) is 3.27. The van der Waals surface area contributed by atoms with Crippen molar-refractivity contribution >= 4 is 5.69 Å². The van der Waals surface area contributed by atoms with Gasteiger partial charge in [-0.05, 0) is 50.9 Å². The molecular weight excluding hydrogens is 234 g/mol.